The Bertz CT molecular complexity index is 689. The average molecular weight is 324 g/mol. The van der Waals surface area contributed by atoms with E-state index >= 15 is 0 Å². The second-order valence-corrected chi connectivity index (χ2v) is 5.41. The minimum absolute atomic E-state index is 0.112. The molecule has 3 nitrogen and oxygen atoms in total. The number of carbonyl (C=O) groups excluding carboxylic acids is 1. The predicted molar refractivity (Wildman–Crippen MR) is 81.0 cm³/mol. The zero-order valence-corrected chi connectivity index (χ0v) is 12.9. The van der Waals surface area contributed by atoms with Crippen LogP contribution in [0.15, 0.2) is 41.3 Å². The maximum atomic E-state index is 13.1. The summed E-state index contributed by atoms with van der Waals surface area (Å²) in [6.07, 6.45) is 0. The smallest absolute Gasteiger partial charge is 0.173 e. The number of hydrogen-bond acceptors (Lipinski definition) is 4. The van der Waals surface area contributed by atoms with Crippen LogP contribution in [-0.4, -0.2) is 25.8 Å². The molecule has 0 N–H and O–H groups in total. The van der Waals surface area contributed by atoms with E-state index in [9.17, 15) is 13.6 Å². The van der Waals surface area contributed by atoms with Crippen LogP contribution in [0.5, 0.6) is 11.5 Å². The van der Waals surface area contributed by atoms with Crippen LogP contribution in [-0.2, 0) is 0 Å². The van der Waals surface area contributed by atoms with E-state index in [1.807, 2.05) is 0 Å². The van der Waals surface area contributed by atoms with Gasteiger partial charge in [-0.25, -0.2) is 8.78 Å². The Hall–Kier alpha value is -2.08. The van der Waals surface area contributed by atoms with E-state index in [4.69, 9.17) is 9.47 Å². The van der Waals surface area contributed by atoms with Crippen molar-refractivity contribution in [1.82, 2.24) is 0 Å². The van der Waals surface area contributed by atoms with Gasteiger partial charge in [0, 0.05) is 10.5 Å². The van der Waals surface area contributed by atoms with E-state index in [2.05, 4.69) is 0 Å². The van der Waals surface area contributed by atoms with Crippen molar-refractivity contribution in [3.8, 4) is 11.5 Å². The fourth-order valence-electron chi connectivity index (χ4n) is 1.81. The summed E-state index contributed by atoms with van der Waals surface area (Å²) < 4.78 is 36.2. The van der Waals surface area contributed by atoms with Gasteiger partial charge in [0.05, 0.1) is 20.0 Å². The summed E-state index contributed by atoms with van der Waals surface area (Å²) in [5, 5.41) is 0. The summed E-state index contributed by atoms with van der Waals surface area (Å²) in [6.45, 7) is 0. The maximum Gasteiger partial charge on any atom is 0.173 e. The van der Waals surface area contributed by atoms with Gasteiger partial charge in [-0.05, 0) is 36.4 Å². The van der Waals surface area contributed by atoms with Crippen LogP contribution in [0.2, 0.25) is 0 Å². The fraction of sp³-hybridized carbons (Fsp3) is 0.188. The van der Waals surface area contributed by atoms with Gasteiger partial charge >= 0.3 is 0 Å². The Labute approximate surface area is 131 Å². The van der Waals surface area contributed by atoms with E-state index in [1.165, 1.54) is 20.3 Å². The maximum absolute atomic E-state index is 13.1. The molecule has 0 aliphatic carbocycles. The fourth-order valence-corrected chi connectivity index (χ4v) is 2.62. The van der Waals surface area contributed by atoms with Gasteiger partial charge in [0.25, 0.3) is 0 Å². The molecular formula is C16H14F2O3S. The number of benzene rings is 2. The third-order valence-corrected chi connectivity index (χ3v) is 3.96. The molecule has 0 saturated heterocycles. The molecule has 0 saturated carbocycles. The van der Waals surface area contributed by atoms with Crippen LogP contribution >= 0.6 is 11.8 Å². The Balaban J connectivity index is 2.07. The van der Waals surface area contributed by atoms with Crippen LogP contribution in [0.3, 0.4) is 0 Å². The summed E-state index contributed by atoms with van der Waals surface area (Å²) in [5.41, 5.74) is 0.465. The number of rotatable bonds is 6. The quantitative estimate of drug-likeness (QED) is 0.595. The predicted octanol–water partition coefficient (Wildman–Crippen LogP) is 3.96. The van der Waals surface area contributed by atoms with E-state index in [-0.39, 0.29) is 11.5 Å². The first kappa shape index (κ1) is 16.3. The molecule has 0 atom stereocenters. The highest BCUT2D eigenvalue weighted by atomic mass is 32.2. The topological polar surface area (TPSA) is 35.5 Å². The van der Waals surface area contributed by atoms with Crippen molar-refractivity contribution in [2.75, 3.05) is 20.0 Å². The van der Waals surface area contributed by atoms with Crippen molar-refractivity contribution in [2.24, 2.45) is 0 Å². The van der Waals surface area contributed by atoms with Gasteiger partial charge in [0.15, 0.2) is 28.9 Å². The zero-order valence-electron chi connectivity index (χ0n) is 12.1. The Kier molecular flexibility index (Phi) is 5.38. The summed E-state index contributed by atoms with van der Waals surface area (Å²) in [6, 6.07) is 8.42. The first-order chi connectivity index (χ1) is 10.5. The lowest BCUT2D eigenvalue weighted by molar-refractivity contribution is 0.102. The SMILES string of the molecule is COc1ccc(C(=O)CSc2ccc(F)c(F)c2)cc1OC. The molecule has 0 aromatic heterocycles. The molecule has 22 heavy (non-hydrogen) atoms. The molecule has 0 aliphatic heterocycles. The monoisotopic (exact) mass is 324 g/mol. The van der Waals surface area contributed by atoms with E-state index in [0.717, 1.165) is 23.9 Å². The number of thioether (sulfide) groups is 1. The van der Waals surface area contributed by atoms with Gasteiger partial charge in [0.2, 0.25) is 0 Å². The minimum Gasteiger partial charge on any atom is -0.493 e. The number of ketones is 1. The molecule has 116 valence electrons. The number of Topliss-reactive ketones (excluding diaryl/α,β-unsaturated/α-hetero) is 1. The number of hydrogen-bond donors (Lipinski definition) is 0. The van der Waals surface area contributed by atoms with Crippen molar-refractivity contribution in [3.05, 3.63) is 53.6 Å². The Morgan fingerprint density at radius 1 is 1.00 bits per heavy atom. The molecule has 6 heteroatoms. The summed E-state index contributed by atoms with van der Waals surface area (Å²) in [7, 11) is 3.00. The van der Waals surface area contributed by atoms with Crippen molar-refractivity contribution in [3.63, 3.8) is 0 Å². The second-order valence-electron chi connectivity index (χ2n) is 4.36. The lowest BCUT2D eigenvalue weighted by Crippen LogP contribution is -2.03. The third-order valence-electron chi connectivity index (χ3n) is 2.97. The van der Waals surface area contributed by atoms with Crippen molar-refractivity contribution in [2.45, 2.75) is 4.90 Å². The van der Waals surface area contributed by atoms with Crippen LogP contribution in [0.1, 0.15) is 10.4 Å². The van der Waals surface area contributed by atoms with Crippen LogP contribution < -0.4 is 9.47 Å². The first-order valence-corrected chi connectivity index (χ1v) is 7.36. The van der Waals surface area contributed by atoms with Crippen LogP contribution in [0.4, 0.5) is 8.78 Å². The summed E-state index contributed by atoms with van der Waals surface area (Å²) in [4.78, 5) is 12.6. The standard InChI is InChI=1S/C16H14F2O3S/c1-20-15-6-3-10(7-16(15)21-2)14(19)9-22-11-4-5-12(17)13(18)8-11/h3-8H,9H2,1-2H3. The van der Waals surface area contributed by atoms with Crippen molar-refractivity contribution in [1.29, 1.82) is 0 Å². The molecule has 0 aliphatic rings. The molecule has 0 spiro atoms. The second kappa shape index (κ2) is 7.26. The molecule has 0 fully saturated rings. The Morgan fingerprint density at radius 2 is 1.73 bits per heavy atom. The van der Waals surface area contributed by atoms with Gasteiger partial charge in [0.1, 0.15) is 0 Å². The normalized spacial score (nSPS) is 10.4. The molecule has 0 amide bonds. The highest BCUT2D eigenvalue weighted by molar-refractivity contribution is 8.00. The minimum atomic E-state index is -0.927. The van der Waals surface area contributed by atoms with Gasteiger partial charge in [-0.1, -0.05) is 0 Å². The third kappa shape index (κ3) is 3.76. The number of methoxy groups -OCH3 is 2. The summed E-state index contributed by atoms with van der Waals surface area (Å²) >= 11 is 1.14. The highest BCUT2D eigenvalue weighted by Crippen LogP contribution is 2.28. The van der Waals surface area contributed by atoms with E-state index < -0.39 is 11.6 Å². The van der Waals surface area contributed by atoms with Gasteiger partial charge in [-0.2, -0.15) is 0 Å². The lowest BCUT2D eigenvalue weighted by atomic mass is 10.1. The molecule has 2 rings (SSSR count). The van der Waals surface area contributed by atoms with Gasteiger partial charge in [-0.15, -0.1) is 11.8 Å². The largest absolute Gasteiger partial charge is 0.493 e. The van der Waals surface area contributed by atoms with E-state index in [0.29, 0.717) is 22.0 Å². The zero-order chi connectivity index (χ0) is 16.1. The molecule has 2 aromatic carbocycles. The van der Waals surface area contributed by atoms with Crippen molar-refractivity contribution >= 4 is 17.5 Å². The highest BCUT2D eigenvalue weighted by Gasteiger charge is 2.12. The van der Waals surface area contributed by atoms with E-state index in [1.54, 1.807) is 18.2 Å². The Morgan fingerprint density at radius 3 is 2.36 bits per heavy atom. The molecule has 0 unspecified atom stereocenters. The molecule has 0 heterocycles. The van der Waals surface area contributed by atoms with Gasteiger partial charge in [-0.3, -0.25) is 4.79 Å². The number of halogens is 2. The van der Waals surface area contributed by atoms with Crippen LogP contribution in [0.25, 0.3) is 0 Å². The number of ether oxygens (including phenoxy) is 2. The molecule has 0 bridgehead atoms. The van der Waals surface area contributed by atoms with Crippen molar-refractivity contribution < 1.29 is 23.0 Å². The number of carbonyl (C=O) groups is 1. The lowest BCUT2D eigenvalue weighted by Gasteiger charge is -2.09. The molecule has 0 radical (unpaired) electrons. The summed E-state index contributed by atoms with van der Waals surface area (Å²) in [5.74, 6) is -0.867. The first-order valence-electron chi connectivity index (χ1n) is 6.38. The average Bonchev–Trinajstić information content (AvgIpc) is 2.54. The molecule has 2 aromatic rings. The van der Waals surface area contributed by atoms with Gasteiger partial charge < -0.3 is 9.47 Å². The molecular weight excluding hydrogens is 310 g/mol. The van der Waals surface area contributed by atoms with Crippen LogP contribution in [0, 0.1) is 11.6 Å².